The van der Waals surface area contributed by atoms with Crippen molar-refractivity contribution in [2.24, 2.45) is 5.84 Å². The fourth-order valence-corrected chi connectivity index (χ4v) is 2.97. The number of nitrogens with zero attached hydrogens (tertiary/aromatic N) is 4. The Morgan fingerprint density at radius 1 is 1.33 bits per heavy atom. The van der Waals surface area contributed by atoms with Gasteiger partial charge in [0, 0.05) is 23.3 Å². The molecule has 0 saturated heterocycles. The highest BCUT2D eigenvalue weighted by atomic mass is 19.3. The minimum Gasteiger partial charge on any atom is -0.331 e. The number of nitrogens with two attached hydrogens (primary N) is 1. The Labute approximate surface area is 153 Å². The molecule has 4 N–H and O–H groups in total. The van der Waals surface area contributed by atoms with Crippen molar-refractivity contribution in [1.82, 2.24) is 25.3 Å². The molecule has 138 valence electrons. The lowest BCUT2D eigenvalue weighted by atomic mass is 10.0. The lowest BCUT2D eigenvalue weighted by Crippen LogP contribution is -2.35. The van der Waals surface area contributed by atoms with Crippen molar-refractivity contribution in [2.75, 3.05) is 5.43 Å². The van der Waals surface area contributed by atoms with Crippen molar-refractivity contribution >= 4 is 17.0 Å². The number of nitrogens with one attached hydrogen (secondary N) is 2. The summed E-state index contributed by atoms with van der Waals surface area (Å²) < 4.78 is 31.7. The summed E-state index contributed by atoms with van der Waals surface area (Å²) in [5.41, 5.74) is 6.72. The summed E-state index contributed by atoms with van der Waals surface area (Å²) in [6, 6.07) is 7.48. The summed E-state index contributed by atoms with van der Waals surface area (Å²) in [6.45, 7) is 1.82. The highest BCUT2D eigenvalue weighted by Crippen LogP contribution is 2.36. The van der Waals surface area contributed by atoms with Crippen LogP contribution in [0.1, 0.15) is 24.1 Å². The Morgan fingerprint density at radius 3 is 3.00 bits per heavy atom. The van der Waals surface area contributed by atoms with Crippen molar-refractivity contribution in [3.05, 3.63) is 71.6 Å². The van der Waals surface area contributed by atoms with Crippen LogP contribution in [0.2, 0.25) is 0 Å². The van der Waals surface area contributed by atoms with Crippen LogP contribution in [-0.4, -0.2) is 25.9 Å². The molecule has 4 rings (SSSR count). The summed E-state index contributed by atoms with van der Waals surface area (Å²) in [5.74, 6) is 1.77. The minimum atomic E-state index is -3.35. The molecule has 3 heterocycles. The fraction of sp³-hybridized carbons (Fsp3) is 0.167. The van der Waals surface area contributed by atoms with Crippen LogP contribution in [0, 0.1) is 0 Å². The molecule has 1 unspecified atom stereocenters. The van der Waals surface area contributed by atoms with Crippen molar-refractivity contribution in [3.8, 4) is 0 Å². The first kappa shape index (κ1) is 17.1. The molecule has 0 fully saturated rings. The highest BCUT2D eigenvalue weighted by molar-refractivity contribution is 5.79. The van der Waals surface area contributed by atoms with Gasteiger partial charge in [-0.25, -0.2) is 4.68 Å². The number of halogens is 2. The Balaban J connectivity index is 1.74. The van der Waals surface area contributed by atoms with Crippen LogP contribution in [0.15, 0.2) is 54.4 Å². The third kappa shape index (κ3) is 2.91. The lowest BCUT2D eigenvalue weighted by molar-refractivity contribution is 0.0298. The Kier molecular flexibility index (Phi) is 4.08. The Hall–Kier alpha value is -3.33. The Bertz CT molecular complexity index is 1050. The molecule has 7 nitrogen and oxygen atoms in total. The van der Waals surface area contributed by atoms with Crippen LogP contribution in [0.5, 0.6) is 0 Å². The zero-order valence-electron chi connectivity index (χ0n) is 14.4. The van der Waals surface area contributed by atoms with Crippen LogP contribution in [-0.2, 0) is 5.92 Å². The molecular formula is C18H17F2N7. The zero-order chi connectivity index (χ0) is 19.0. The van der Waals surface area contributed by atoms with E-state index in [9.17, 15) is 0 Å². The average molecular weight is 369 g/mol. The van der Waals surface area contributed by atoms with Gasteiger partial charge in [-0.15, -0.1) is 10.2 Å². The van der Waals surface area contributed by atoms with Gasteiger partial charge in [-0.3, -0.25) is 10.8 Å². The van der Waals surface area contributed by atoms with Crippen LogP contribution in [0.4, 0.5) is 8.78 Å². The van der Waals surface area contributed by atoms with Crippen molar-refractivity contribution in [3.63, 3.8) is 0 Å². The third-order valence-electron chi connectivity index (χ3n) is 4.44. The van der Waals surface area contributed by atoms with Crippen molar-refractivity contribution < 1.29 is 8.78 Å². The number of hydrogen-bond acceptors (Lipinski definition) is 6. The van der Waals surface area contributed by atoms with E-state index in [1.165, 1.54) is 16.8 Å². The number of aromatic nitrogens is 4. The van der Waals surface area contributed by atoms with Crippen LogP contribution in [0.3, 0.4) is 0 Å². The van der Waals surface area contributed by atoms with Gasteiger partial charge < -0.3 is 10.9 Å². The lowest BCUT2D eigenvalue weighted by Gasteiger charge is -2.25. The predicted octanol–water partition coefficient (Wildman–Crippen LogP) is 2.27. The van der Waals surface area contributed by atoms with E-state index >= 15 is 8.78 Å². The smallest absolute Gasteiger partial charge is 0.331 e. The molecule has 2 aromatic heterocycles. The van der Waals surface area contributed by atoms with Gasteiger partial charge in [-0.1, -0.05) is 18.2 Å². The van der Waals surface area contributed by atoms with Gasteiger partial charge >= 0.3 is 5.92 Å². The molecule has 1 aromatic carbocycles. The first-order chi connectivity index (χ1) is 13.0. The molecule has 0 aliphatic carbocycles. The molecule has 9 heteroatoms. The molecule has 0 radical (unpaired) electrons. The van der Waals surface area contributed by atoms with Crippen LogP contribution < -0.4 is 16.7 Å². The van der Waals surface area contributed by atoms with Gasteiger partial charge in [-0.2, -0.15) is 8.78 Å². The van der Waals surface area contributed by atoms with E-state index in [1.54, 1.807) is 42.7 Å². The molecule has 0 amide bonds. The number of alkyl halides is 2. The summed E-state index contributed by atoms with van der Waals surface area (Å²) >= 11 is 0. The normalized spacial score (nSPS) is 16.9. The molecule has 0 saturated carbocycles. The van der Waals surface area contributed by atoms with Gasteiger partial charge in [0.05, 0.1) is 11.6 Å². The summed E-state index contributed by atoms with van der Waals surface area (Å²) in [4.78, 5) is 4.16. The second kappa shape index (κ2) is 6.44. The fourth-order valence-electron chi connectivity index (χ4n) is 2.97. The molecule has 0 spiro atoms. The monoisotopic (exact) mass is 369 g/mol. The van der Waals surface area contributed by atoms with E-state index in [1.807, 2.05) is 6.92 Å². The van der Waals surface area contributed by atoms with Gasteiger partial charge in [-0.05, 0) is 36.8 Å². The Morgan fingerprint density at radius 2 is 2.19 bits per heavy atom. The van der Waals surface area contributed by atoms with E-state index < -0.39 is 11.7 Å². The molecule has 3 aromatic rings. The van der Waals surface area contributed by atoms with Crippen molar-refractivity contribution in [1.29, 1.82) is 0 Å². The third-order valence-corrected chi connectivity index (χ3v) is 4.44. The maximum absolute atomic E-state index is 15.3. The highest BCUT2D eigenvalue weighted by Gasteiger charge is 2.41. The number of hydrazine groups is 1. The minimum absolute atomic E-state index is 0.179. The topological polar surface area (TPSA) is 93.7 Å². The number of rotatable bonds is 4. The SMILES string of the molecule is C/C(=C\NN)C1C=Cc2nnc(C(F)(F)c3ccc4ncccc4c3)n2N1. The number of fused-ring (bicyclic) bond motifs is 2. The van der Waals surface area contributed by atoms with Gasteiger partial charge in [0.1, 0.15) is 0 Å². The van der Waals surface area contributed by atoms with Crippen LogP contribution >= 0.6 is 0 Å². The predicted molar refractivity (Wildman–Crippen MR) is 98.0 cm³/mol. The van der Waals surface area contributed by atoms with E-state index in [-0.39, 0.29) is 11.6 Å². The largest absolute Gasteiger partial charge is 0.333 e. The first-order valence-electron chi connectivity index (χ1n) is 8.27. The molecule has 0 bridgehead atoms. The second-order valence-corrected chi connectivity index (χ2v) is 6.22. The van der Waals surface area contributed by atoms with E-state index in [0.29, 0.717) is 16.7 Å². The number of hydrogen-bond donors (Lipinski definition) is 3. The van der Waals surface area contributed by atoms with E-state index in [0.717, 1.165) is 5.57 Å². The molecule has 1 aliphatic rings. The quantitative estimate of drug-likeness (QED) is 0.483. The van der Waals surface area contributed by atoms with Gasteiger partial charge in [0.25, 0.3) is 0 Å². The standard InChI is InChI=1S/C18H17F2N7/c1-11(10-23-21)14-6-7-16-24-25-17(27(16)26-14)18(19,20)13-4-5-15-12(9-13)3-2-8-22-15/h2-10,14,23,26H,21H2,1H3/b11-10+. The molecule has 1 aliphatic heterocycles. The maximum atomic E-state index is 15.3. The molecule has 27 heavy (non-hydrogen) atoms. The van der Waals surface area contributed by atoms with Crippen LogP contribution in [0.25, 0.3) is 17.0 Å². The maximum Gasteiger partial charge on any atom is 0.333 e. The van der Waals surface area contributed by atoms with E-state index in [2.05, 4.69) is 26.0 Å². The molecular weight excluding hydrogens is 352 g/mol. The number of benzene rings is 1. The molecule has 1 atom stereocenters. The summed E-state index contributed by atoms with van der Waals surface area (Å²) in [5, 5.41) is 8.23. The van der Waals surface area contributed by atoms with E-state index in [4.69, 9.17) is 5.84 Å². The summed E-state index contributed by atoms with van der Waals surface area (Å²) in [7, 11) is 0. The zero-order valence-corrected chi connectivity index (χ0v) is 14.4. The van der Waals surface area contributed by atoms with Gasteiger partial charge in [0.15, 0.2) is 5.82 Å². The first-order valence-corrected chi connectivity index (χ1v) is 8.27. The van der Waals surface area contributed by atoms with Gasteiger partial charge in [0.2, 0.25) is 5.82 Å². The second-order valence-electron chi connectivity index (χ2n) is 6.22. The summed E-state index contributed by atoms with van der Waals surface area (Å²) in [6.07, 6.45) is 6.66. The average Bonchev–Trinajstić information content (AvgIpc) is 3.11. The van der Waals surface area contributed by atoms with Crippen molar-refractivity contribution in [2.45, 2.75) is 18.9 Å². The number of pyridine rings is 1.